The van der Waals surface area contributed by atoms with Gasteiger partial charge in [0.25, 0.3) is 0 Å². The first-order chi connectivity index (χ1) is 10.5. The van der Waals surface area contributed by atoms with Gasteiger partial charge < -0.3 is 9.84 Å². The molecule has 22 heavy (non-hydrogen) atoms. The SMILES string of the molecule is CC(Cc1ccc(F)c(OCc2ccccc2)c1F)C(=O)O. The maximum Gasteiger partial charge on any atom is 0.306 e. The van der Waals surface area contributed by atoms with Gasteiger partial charge in [-0.1, -0.05) is 43.3 Å². The van der Waals surface area contributed by atoms with Gasteiger partial charge in [0, 0.05) is 0 Å². The van der Waals surface area contributed by atoms with Gasteiger partial charge in [0.2, 0.25) is 0 Å². The van der Waals surface area contributed by atoms with Gasteiger partial charge in [0.05, 0.1) is 5.92 Å². The molecule has 1 N–H and O–H groups in total. The molecule has 0 spiro atoms. The molecule has 0 aliphatic carbocycles. The Morgan fingerprint density at radius 3 is 2.50 bits per heavy atom. The van der Waals surface area contributed by atoms with Crippen molar-refractivity contribution >= 4 is 5.97 Å². The highest BCUT2D eigenvalue weighted by Gasteiger charge is 2.19. The van der Waals surface area contributed by atoms with E-state index in [1.807, 2.05) is 6.07 Å². The van der Waals surface area contributed by atoms with Crippen LogP contribution in [0.25, 0.3) is 0 Å². The fourth-order valence-electron chi connectivity index (χ4n) is 2.01. The van der Waals surface area contributed by atoms with E-state index < -0.39 is 29.3 Å². The molecule has 2 aromatic carbocycles. The number of carboxylic acid groups (broad SMARTS) is 1. The number of benzene rings is 2. The number of carboxylic acids is 1. The maximum atomic E-state index is 14.3. The number of carbonyl (C=O) groups is 1. The van der Waals surface area contributed by atoms with Crippen molar-refractivity contribution in [2.75, 3.05) is 0 Å². The lowest BCUT2D eigenvalue weighted by atomic mass is 10.0. The van der Waals surface area contributed by atoms with Crippen LogP contribution in [0.2, 0.25) is 0 Å². The second-order valence-electron chi connectivity index (χ2n) is 5.07. The highest BCUT2D eigenvalue weighted by molar-refractivity contribution is 5.69. The molecule has 2 aromatic rings. The second kappa shape index (κ2) is 7.02. The van der Waals surface area contributed by atoms with Gasteiger partial charge in [-0.25, -0.2) is 8.78 Å². The van der Waals surface area contributed by atoms with E-state index in [4.69, 9.17) is 9.84 Å². The van der Waals surface area contributed by atoms with Gasteiger partial charge in [-0.05, 0) is 23.6 Å². The molecule has 0 fully saturated rings. The van der Waals surface area contributed by atoms with Crippen molar-refractivity contribution in [3.8, 4) is 5.75 Å². The van der Waals surface area contributed by atoms with Gasteiger partial charge in [0.15, 0.2) is 17.4 Å². The molecule has 1 unspecified atom stereocenters. The average molecular weight is 306 g/mol. The Morgan fingerprint density at radius 1 is 1.18 bits per heavy atom. The molecule has 0 aliphatic heterocycles. The topological polar surface area (TPSA) is 46.5 Å². The predicted octanol–water partition coefficient (Wildman–Crippen LogP) is 3.81. The Labute approximate surface area is 127 Å². The van der Waals surface area contributed by atoms with E-state index in [0.29, 0.717) is 0 Å². The van der Waals surface area contributed by atoms with Crippen LogP contribution in [-0.2, 0) is 17.8 Å². The minimum Gasteiger partial charge on any atom is -0.483 e. The van der Waals surface area contributed by atoms with Gasteiger partial charge >= 0.3 is 5.97 Å². The Balaban J connectivity index is 2.18. The highest BCUT2D eigenvalue weighted by atomic mass is 19.1. The number of hydrogen-bond donors (Lipinski definition) is 1. The standard InChI is InChI=1S/C17H16F2O3/c1-11(17(20)21)9-13-7-8-14(18)16(15(13)19)22-10-12-5-3-2-4-6-12/h2-8,11H,9-10H2,1H3,(H,20,21). The van der Waals surface area contributed by atoms with E-state index in [9.17, 15) is 13.6 Å². The van der Waals surface area contributed by atoms with E-state index in [0.717, 1.165) is 11.6 Å². The van der Waals surface area contributed by atoms with Crippen LogP contribution in [0.15, 0.2) is 42.5 Å². The van der Waals surface area contributed by atoms with Crippen molar-refractivity contribution in [3.05, 3.63) is 65.2 Å². The van der Waals surface area contributed by atoms with E-state index in [-0.39, 0.29) is 18.6 Å². The third-order valence-corrected chi connectivity index (χ3v) is 3.30. The van der Waals surface area contributed by atoms with Gasteiger partial charge in [-0.15, -0.1) is 0 Å². The summed E-state index contributed by atoms with van der Waals surface area (Å²) in [6.07, 6.45) is -0.0247. The molecule has 116 valence electrons. The highest BCUT2D eigenvalue weighted by Crippen LogP contribution is 2.27. The number of rotatable bonds is 6. The van der Waals surface area contributed by atoms with E-state index in [2.05, 4.69) is 0 Å². The molecular formula is C17H16F2O3. The summed E-state index contributed by atoms with van der Waals surface area (Å²) >= 11 is 0. The van der Waals surface area contributed by atoms with Crippen LogP contribution < -0.4 is 4.74 Å². The number of ether oxygens (including phenoxy) is 1. The van der Waals surface area contributed by atoms with Crippen LogP contribution in [-0.4, -0.2) is 11.1 Å². The molecule has 0 bridgehead atoms. The Kier molecular flexibility index (Phi) is 5.09. The van der Waals surface area contributed by atoms with Crippen LogP contribution >= 0.6 is 0 Å². The van der Waals surface area contributed by atoms with Gasteiger partial charge in [-0.3, -0.25) is 4.79 Å². The minimum absolute atomic E-state index is 0.0247. The molecule has 0 radical (unpaired) electrons. The van der Waals surface area contributed by atoms with Crippen molar-refractivity contribution in [3.63, 3.8) is 0 Å². The summed E-state index contributed by atoms with van der Waals surface area (Å²) in [5.41, 5.74) is 0.907. The normalized spacial score (nSPS) is 12.0. The largest absolute Gasteiger partial charge is 0.483 e. The Hall–Kier alpha value is -2.43. The zero-order chi connectivity index (χ0) is 16.1. The van der Waals surface area contributed by atoms with E-state index in [1.54, 1.807) is 24.3 Å². The Morgan fingerprint density at radius 2 is 1.86 bits per heavy atom. The summed E-state index contributed by atoms with van der Waals surface area (Å²) < 4.78 is 33.3. The van der Waals surface area contributed by atoms with Gasteiger partial charge in [-0.2, -0.15) is 0 Å². The predicted molar refractivity (Wildman–Crippen MR) is 77.6 cm³/mol. The first kappa shape index (κ1) is 15.9. The number of hydrogen-bond acceptors (Lipinski definition) is 2. The second-order valence-corrected chi connectivity index (χ2v) is 5.07. The van der Waals surface area contributed by atoms with Crippen molar-refractivity contribution in [1.29, 1.82) is 0 Å². The maximum absolute atomic E-state index is 14.3. The number of halogens is 2. The molecule has 0 saturated heterocycles. The average Bonchev–Trinajstić information content (AvgIpc) is 2.50. The molecule has 1 atom stereocenters. The monoisotopic (exact) mass is 306 g/mol. The lowest BCUT2D eigenvalue weighted by Gasteiger charge is -2.13. The smallest absolute Gasteiger partial charge is 0.306 e. The van der Waals surface area contributed by atoms with E-state index >= 15 is 0 Å². The summed E-state index contributed by atoms with van der Waals surface area (Å²) in [7, 11) is 0. The summed E-state index contributed by atoms with van der Waals surface area (Å²) in [6, 6.07) is 11.3. The summed E-state index contributed by atoms with van der Waals surface area (Å²) in [4.78, 5) is 10.8. The minimum atomic E-state index is -1.03. The molecule has 2 rings (SSSR count). The summed E-state index contributed by atoms with van der Waals surface area (Å²) in [6.45, 7) is 1.50. The lowest BCUT2D eigenvalue weighted by molar-refractivity contribution is -0.141. The van der Waals surface area contributed by atoms with E-state index in [1.165, 1.54) is 13.0 Å². The quantitative estimate of drug-likeness (QED) is 0.883. The first-order valence-corrected chi connectivity index (χ1v) is 6.85. The van der Waals surface area contributed by atoms with Crippen LogP contribution in [0.3, 0.4) is 0 Å². The molecule has 3 nitrogen and oxygen atoms in total. The lowest BCUT2D eigenvalue weighted by Crippen LogP contribution is -2.13. The first-order valence-electron chi connectivity index (χ1n) is 6.85. The van der Waals surface area contributed by atoms with Crippen LogP contribution in [0.1, 0.15) is 18.1 Å². The van der Waals surface area contributed by atoms with Crippen molar-refractivity contribution in [2.24, 2.45) is 5.92 Å². The summed E-state index contributed by atoms with van der Waals surface area (Å²) in [5, 5.41) is 8.88. The van der Waals surface area contributed by atoms with Crippen molar-refractivity contribution in [2.45, 2.75) is 20.0 Å². The van der Waals surface area contributed by atoms with Crippen molar-refractivity contribution < 1.29 is 23.4 Å². The molecule has 0 heterocycles. The van der Waals surface area contributed by atoms with Gasteiger partial charge in [0.1, 0.15) is 6.61 Å². The molecule has 5 heteroatoms. The van der Waals surface area contributed by atoms with Crippen LogP contribution in [0, 0.1) is 17.6 Å². The molecule has 0 saturated carbocycles. The fraction of sp³-hybridized carbons (Fsp3) is 0.235. The van der Waals surface area contributed by atoms with Crippen molar-refractivity contribution in [1.82, 2.24) is 0 Å². The number of aliphatic carboxylic acids is 1. The molecule has 0 amide bonds. The fourth-order valence-corrected chi connectivity index (χ4v) is 2.01. The molecule has 0 aliphatic rings. The third kappa shape index (κ3) is 3.81. The molecular weight excluding hydrogens is 290 g/mol. The summed E-state index contributed by atoms with van der Waals surface area (Å²) in [5.74, 6) is -3.92. The van der Waals surface area contributed by atoms with Crippen LogP contribution in [0.4, 0.5) is 8.78 Å². The Bertz CT molecular complexity index is 656. The zero-order valence-electron chi connectivity index (χ0n) is 12.1. The van der Waals surface area contributed by atoms with Crippen LogP contribution in [0.5, 0.6) is 5.75 Å². The molecule has 0 aromatic heterocycles. The zero-order valence-corrected chi connectivity index (χ0v) is 12.1. The third-order valence-electron chi connectivity index (χ3n) is 3.30.